The van der Waals surface area contributed by atoms with E-state index in [0.29, 0.717) is 25.1 Å². The molecule has 114 valence electrons. The van der Waals surface area contributed by atoms with E-state index >= 15 is 0 Å². The van der Waals surface area contributed by atoms with Crippen LogP contribution < -0.4 is 15.2 Å². The van der Waals surface area contributed by atoms with Crippen LogP contribution in [0.5, 0.6) is 11.5 Å². The highest BCUT2D eigenvalue weighted by atomic mass is 19.3. The Balaban J connectivity index is 1.76. The highest BCUT2D eigenvalue weighted by Crippen LogP contribution is 2.41. The number of likely N-dealkylation sites (tertiary alicyclic amines) is 1. The molecule has 1 aromatic rings. The molecule has 21 heavy (non-hydrogen) atoms. The number of aliphatic carboxylic acids is 1. The van der Waals surface area contributed by atoms with Crippen LogP contribution in [-0.2, 0) is 11.3 Å². The summed E-state index contributed by atoms with van der Waals surface area (Å²) in [6.07, 6.45) is -3.28. The molecular formula is C13H14F2N2O4. The summed E-state index contributed by atoms with van der Waals surface area (Å²) >= 11 is 0. The topological polar surface area (TPSA) is 85.0 Å². The van der Waals surface area contributed by atoms with Crippen LogP contribution in [-0.4, -0.2) is 40.9 Å². The molecule has 0 amide bonds. The Kier molecular flexibility index (Phi) is 3.22. The number of hydrogen-bond donors (Lipinski definition) is 2. The molecule has 0 radical (unpaired) electrons. The SMILES string of the molecule is N[C@H]1C[C@@H](C(=O)O)N(Cc2ccc3c(c2)OC(F)(F)O3)C1. The number of rotatable bonds is 3. The highest BCUT2D eigenvalue weighted by molar-refractivity contribution is 5.74. The average Bonchev–Trinajstić information content (AvgIpc) is 2.87. The van der Waals surface area contributed by atoms with E-state index in [1.165, 1.54) is 12.1 Å². The van der Waals surface area contributed by atoms with E-state index in [2.05, 4.69) is 9.47 Å². The molecular weight excluding hydrogens is 286 g/mol. The van der Waals surface area contributed by atoms with Crippen LogP contribution >= 0.6 is 0 Å². The molecule has 0 aromatic heterocycles. The van der Waals surface area contributed by atoms with Crippen molar-refractivity contribution < 1.29 is 28.2 Å². The van der Waals surface area contributed by atoms with Crippen molar-refractivity contribution in [2.45, 2.75) is 31.3 Å². The summed E-state index contributed by atoms with van der Waals surface area (Å²) in [5.74, 6) is -1.01. The smallest absolute Gasteiger partial charge is 0.480 e. The maximum Gasteiger partial charge on any atom is 0.586 e. The third kappa shape index (κ3) is 2.77. The maximum absolute atomic E-state index is 12.9. The standard InChI is InChI=1S/C13H14F2N2O4/c14-13(15)20-10-2-1-7(3-11(10)21-13)5-17-6-8(16)4-9(17)12(18)19/h1-3,8-9H,4-6,16H2,(H,18,19)/t8-,9-/m0/s1. The van der Waals surface area contributed by atoms with E-state index in [1.54, 1.807) is 11.0 Å². The zero-order valence-electron chi connectivity index (χ0n) is 11.0. The number of nitrogens with two attached hydrogens (primary N) is 1. The fourth-order valence-electron chi connectivity index (χ4n) is 2.70. The van der Waals surface area contributed by atoms with Crippen molar-refractivity contribution in [1.82, 2.24) is 4.90 Å². The lowest BCUT2D eigenvalue weighted by molar-refractivity contribution is -0.286. The van der Waals surface area contributed by atoms with E-state index in [-0.39, 0.29) is 17.5 Å². The minimum Gasteiger partial charge on any atom is -0.480 e. The molecule has 1 saturated heterocycles. The highest BCUT2D eigenvalue weighted by Gasteiger charge is 2.43. The van der Waals surface area contributed by atoms with Gasteiger partial charge in [0.1, 0.15) is 6.04 Å². The Bertz CT molecular complexity index is 581. The molecule has 1 aromatic carbocycles. The van der Waals surface area contributed by atoms with Crippen LogP contribution in [0.4, 0.5) is 8.78 Å². The minimum absolute atomic E-state index is 0.0309. The molecule has 3 N–H and O–H groups in total. The van der Waals surface area contributed by atoms with Gasteiger partial charge in [-0.15, -0.1) is 8.78 Å². The number of benzene rings is 1. The zero-order chi connectivity index (χ0) is 15.2. The molecule has 0 unspecified atom stereocenters. The Hall–Kier alpha value is -1.93. The Morgan fingerprint density at radius 1 is 1.43 bits per heavy atom. The van der Waals surface area contributed by atoms with E-state index in [9.17, 15) is 13.6 Å². The number of carbonyl (C=O) groups is 1. The van der Waals surface area contributed by atoms with Gasteiger partial charge >= 0.3 is 12.3 Å². The van der Waals surface area contributed by atoms with Crippen molar-refractivity contribution in [3.05, 3.63) is 23.8 Å². The van der Waals surface area contributed by atoms with Crippen LogP contribution in [0.25, 0.3) is 0 Å². The summed E-state index contributed by atoms with van der Waals surface area (Å²) in [4.78, 5) is 12.9. The number of fused-ring (bicyclic) bond motifs is 1. The fourth-order valence-corrected chi connectivity index (χ4v) is 2.70. The molecule has 0 saturated carbocycles. The summed E-state index contributed by atoms with van der Waals surface area (Å²) in [5.41, 5.74) is 6.45. The van der Waals surface area contributed by atoms with E-state index in [4.69, 9.17) is 10.8 Å². The number of alkyl halides is 2. The number of carboxylic acids is 1. The molecule has 3 rings (SSSR count). The lowest BCUT2D eigenvalue weighted by Gasteiger charge is -2.20. The van der Waals surface area contributed by atoms with Crippen molar-refractivity contribution in [2.24, 2.45) is 5.73 Å². The lowest BCUT2D eigenvalue weighted by atomic mass is 10.1. The summed E-state index contributed by atoms with van der Waals surface area (Å²) < 4.78 is 34.6. The second-order valence-corrected chi connectivity index (χ2v) is 5.23. The number of halogens is 2. The third-order valence-corrected chi connectivity index (χ3v) is 3.57. The van der Waals surface area contributed by atoms with E-state index in [1.807, 2.05) is 0 Å². The zero-order valence-corrected chi connectivity index (χ0v) is 11.0. The van der Waals surface area contributed by atoms with Gasteiger partial charge < -0.3 is 20.3 Å². The first-order chi connectivity index (χ1) is 9.84. The van der Waals surface area contributed by atoms with Crippen molar-refractivity contribution in [3.8, 4) is 11.5 Å². The summed E-state index contributed by atoms with van der Waals surface area (Å²) in [6, 6.07) is 3.55. The van der Waals surface area contributed by atoms with Crippen LogP contribution in [0.2, 0.25) is 0 Å². The molecule has 6 nitrogen and oxygen atoms in total. The summed E-state index contributed by atoms with van der Waals surface area (Å²) in [7, 11) is 0. The van der Waals surface area contributed by atoms with Crippen molar-refractivity contribution >= 4 is 5.97 Å². The van der Waals surface area contributed by atoms with Crippen LogP contribution in [0.15, 0.2) is 18.2 Å². The van der Waals surface area contributed by atoms with Gasteiger partial charge in [0.25, 0.3) is 0 Å². The summed E-state index contributed by atoms with van der Waals surface area (Å²) in [5, 5.41) is 9.16. The van der Waals surface area contributed by atoms with Gasteiger partial charge in [0.15, 0.2) is 11.5 Å². The van der Waals surface area contributed by atoms with Crippen LogP contribution in [0.1, 0.15) is 12.0 Å². The first-order valence-electron chi connectivity index (χ1n) is 6.45. The van der Waals surface area contributed by atoms with E-state index < -0.39 is 18.3 Å². The van der Waals surface area contributed by atoms with Crippen molar-refractivity contribution in [1.29, 1.82) is 0 Å². The van der Waals surface area contributed by atoms with Gasteiger partial charge in [-0.05, 0) is 24.1 Å². The lowest BCUT2D eigenvalue weighted by Crippen LogP contribution is -2.35. The second-order valence-electron chi connectivity index (χ2n) is 5.23. The quantitative estimate of drug-likeness (QED) is 0.866. The van der Waals surface area contributed by atoms with Crippen LogP contribution in [0, 0.1) is 0 Å². The Morgan fingerprint density at radius 3 is 2.86 bits per heavy atom. The fraction of sp³-hybridized carbons (Fsp3) is 0.462. The van der Waals surface area contributed by atoms with Gasteiger partial charge in [-0.1, -0.05) is 6.07 Å². The number of ether oxygens (including phenoxy) is 2. The minimum atomic E-state index is -3.65. The normalized spacial score (nSPS) is 27.0. The summed E-state index contributed by atoms with van der Waals surface area (Å²) in [6.45, 7) is 0.744. The third-order valence-electron chi connectivity index (χ3n) is 3.57. The van der Waals surface area contributed by atoms with Gasteiger partial charge in [-0.3, -0.25) is 9.69 Å². The van der Waals surface area contributed by atoms with Gasteiger partial charge in [0, 0.05) is 19.1 Å². The van der Waals surface area contributed by atoms with Gasteiger partial charge in [0.2, 0.25) is 0 Å². The molecule has 2 heterocycles. The predicted octanol–water partition coefficient (Wildman–Crippen LogP) is 0.994. The largest absolute Gasteiger partial charge is 0.586 e. The molecule has 0 spiro atoms. The number of nitrogens with zero attached hydrogens (tertiary/aromatic N) is 1. The van der Waals surface area contributed by atoms with E-state index in [0.717, 1.165) is 0 Å². The molecule has 2 atom stereocenters. The van der Waals surface area contributed by atoms with Crippen molar-refractivity contribution in [2.75, 3.05) is 6.54 Å². The van der Waals surface area contributed by atoms with Gasteiger partial charge in [-0.2, -0.15) is 0 Å². The molecule has 0 bridgehead atoms. The molecule has 0 aliphatic carbocycles. The average molecular weight is 300 g/mol. The predicted molar refractivity (Wildman–Crippen MR) is 67.1 cm³/mol. The van der Waals surface area contributed by atoms with Gasteiger partial charge in [0.05, 0.1) is 0 Å². The first-order valence-corrected chi connectivity index (χ1v) is 6.45. The Labute approximate surface area is 119 Å². The molecule has 1 fully saturated rings. The van der Waals surface area contributed by atoms with Crippen molar-refractivity contribution in [3.63, 3.8) is 0 Å². The van der Waals surface area contributed by atoms with Crippen LogP contribution in [0.3, 0.4) is 0 Å². The second kappa shape index (κ2) is 4.81. The monoisotopic (exact) mass is 300 g/mol. The molecule has 8 heteroatoms. The maximum atomic E-state index is 12.9. The molecule has 2 aliphatic heterocycles. The first kappa shape index (κ1) is 14.0. The molecule has 2 aliphatic rings. The Morgan fingerprint density at radius 2 is 2.14 bits per heavy atom. The van der Waals surface area contributed by atoms with Gasteiger partial charge in [-0.25, -0.2) is 0 Å². The number of carboxylic acid groups (broad SMARTS) is 1. The number of hydrogen-bond acceptors (Lipinski definition) is 5.